The van der Waals surface area contributed by atoms with Crippen molar-refractivity contribution in [2.75, 3.05) is 0 Å². The van der Waals surface area contributed by atoms with E-state index in [4.69, 9.17) is 10.0 Å². The minimum absolute atomic E-state index is 0.0949. The largest absolute Gasteiger partial charge is 0.707 e. The molecule has 25 heavy (non-hydrogen) atoms. The van der Waals surface area contributed by atoms with Crippen LogP contribution in [-0.2, 0) is 0 Å². The van der Waals surface area contributed by atoms with Gasteiger partial charge in [-0.15, -0.1) is 0 Å². The molecule has 0 radical (unpaired) electrons. The van der Waals surface area contributed by atoms with Crippen LogP contribution in [0, 0.1) is 52.6 Å². The molecule has 0 spiro atoms. The zero-order valence-corrected chi connectivity index (χ0v) is 11.3. The number of pyridine rings is 1. The Hall–Kier alpha value is -2.48. The molecule has 0 amide bonds. The van der Waals surface area contributed by atoms with E-state index >= 15 is 0 Å². The topological polar surface area (TPSA) is 62.6 Å². The Morgan fingerprint density at radius 2 is 1.04 bits per heavy atom. The van der Waals surface area contributed by atoms with E-state index in [1.807, 2.05) is 0 Å². The predicted octanol–water partition coefficient (Wildman–Crippen LogP) is 2.37. The highest BCUT2D eigenvalue weighted by molar-refractivity contribution is 6.33. The van der Waals surface area contributed by atoms with Gasteiger partial charge in [0.15, 0.2) is 17.4 Å². The summed E-state index contributed by atoms with van der Waals surface area (Å²) in [6.45, 7) is 0. The second kappa shape index (κ2) is 8.07. The van der Waals surface area contributed by atoms with Crippen molar-refractivity contribution in [3.05, 3.63) is 58.7 Å². The van der Waals surface area contributed by atoms with Crippen molar-refractivity contribution in [3.8, 4) is 5.75 Å². The van der Waals surface area contributed by atoms with Crippen LogP contribution in [0.2, 0.25) is 0 Å². The van der Waals surface area contributed by atoms with Crippen LogP contribution in [-0.4, -0.2) is 22.4 Å². The lowest BCUT2D eigenvalue weighted by molar-refractivity contribution is 0.263. The van der Waals surface area contributed by atoms with Crippen LogP contribution in [0.3, 0.4) is 0 Å². The Balaban J connectivity index is 0.000000271. The third-order valence-electron chi connectivity index (χ3n) is 2.24. The molecule has 1 heterocycles. The maximum Gasteiger partial charge on any atom is 0.707 e. The molecule has 0 aliphatic rings. The first kappa shape index (κ1) is 20.6. The van der Waals surface area contributed by atoms with Crippen LogP contribution in [0.15, 0.2) is 6.07 Å². The fourth-order valence-corrected chi connectivity index (χ4v) is 1.22. The average molecular weight is 379 g/mol. The Morgan fingerprint density at radius 3 is 1.36 bits per heavy atom. The summed E-state index contributed by atoms with van der Waals surface area (Å²) in [5.74, 6) is -19.4. The van der Waals surface area contributed by atoms with Crippen molar-refractivity contribution in [3.63, 3.8) is 0 Å². The molecular formula is C11H3BF9NO3. The summed E-state index contributed by atoms with van der Waals surface area (Å²) in [7, 11) is -2.70. The number of hydrogen-bond donors (Lipinski definition) is 2. The molecule has 1 aromatic heterocycles. The van der Waals surface area contributed by atoms with E-state index in [-0.39, 0.29) is 6.07 Å². The van der Waals surface area contributed by atoms with Gasteiger partial charge in [-0.1, -0.05) is 0 Å². The van der Waals surface area contributed by atoms with Gasteiger partial charge in [0.05, 0.1) is 0 Å². The van der Waals surface area contributed by atoms with Gasteiger partial charge in [-0.3, -0.25) is 0 Å². The minimum Gasteiger partial charge on any atom is -0.507 e. The monoisotopic (exact) mass is 379 g/mol. The second-order valence-electron chi connectivity index (χ2n) is 3.88. The lowest BCUT2D eigenvalue weighted by Crippen LogP contribution is -2.23. The number of rotatable bonds is 2. The van der Waals surface area contributed by atoms with E-state index in [9.17, 15) is 39.5 Å². The standard InChI is InChI=1S/C6H2BF5O3.C5HF4N/c8-1-2(9)4(11)6(15-7(13)14)5(12)3(1)10;6-2-1-3(7)5(9)10-4(2)8/h13-14H;1H. The maximum atomic E-state index is 12.7. The van der Waals surface area contributed by atoms with E-state index < -0.39 is 65.7 Å². The van der Waals surface area contributed by atoms with Gasteiger partial charge in [0.1, 0.15) is 0 Å². The third-order valence-corrected chi connectivity index (χ3v) is 2.24. The Bertz CT molecular complexity index is 711. The van der Waals surface area contributed by atoms with Crippen LogP contribution < -0.4 is 4.65 Å². The van der Waals surface area contributed by atoms with Crippen LogP contribution >= 0.6 is 0 Å². The molecule has 0 saturated heterocycles. The Labute approximate surface area is 132 Å². The van der Waals surface area contributed by atoms with E-state index in [0.717, 1.165) is 0 Å². The van der Waals surface area contributed by atoms with Gasteiger partial charge in [0.25, 0.3) is 11.9 Å². The molecule has 0 atom stereocenters. The molecule has 0 bridgehead atoms. The third kappa shape index (κ3) is 4.76. The van der Waals surface area contributed by atoms with Gasteiger partial charge in [0, 0.05) is 6.07 Å². The summed E-state index contributed by atoms with van der Waals surface area (Å²) in [5.41, 5.74) is 0. The zero-order chi connectivity index (χ0) is 19.5. The fourth-order valence-electron chi connectivity index (χ4n) is 1.22. The molecular weight excluding hydrogens is 376 g/mol. The molecule has 2 aromatic rings. The Kier molecular flexibility index (Phi) is 6.64. The molecule has 0 unspecified atom stereocenters. The minimum atomic E-state index is -2.70. The molecule has 0 aliphatic heterocycles. The van der Waals surface area contributed by atoms with Gasteiger partial charge >= 0.3 is 7.32 Å². The molecule has 0 saturated carbocycles. The first-order chi connectivity index (χ1) is 11.5. The summed E-state index contributed by atoms with van der Waals surface area (Å²) in [4.78, 5) is 2.29. The van der Waals surface area contributed by atoms with Gasteiger partial charge in [-0.2, -0.15) is 22.5 Å². The van der Waals surface area contributed by atoms with Crippen LogP contribution in [0.5, 0.6) is 5.75 Å². The smallest absolute Gasteiger partial charge is 0.507 e. The number of nitrogens with zero attached hydrogens (tertiary/aromatic N) is 1. The molecule has 136 valence electrons. The highest BCUT2D eigenvalue weighted by Crippen LogP contribution is 2.29. The molecule has 2 rings (SSSR count). The molecule has 1 aromatic carbocycles. The maximum absolute atomic E-state index is 12.7. The molecule has 0 aliphatic carbocycles. The summed E-state index contributed by atoms with van der Waals surface area (Å²) in [6.07, 6.45) is 0. The van der Waals surface area contributed by atoms with Gasteiger partial charge in [0.2, 0.25) is 29.1 Å². The molecule has 4 nitrogen and oxygen atoms in total. The lowest BCUT2D eigenvalue weighted by atomic mass is 10.2. The molecule has 0 fully saturated rings. The van der Waals surface area contributed by atoms with Gasteiger partial charge in [-0.05, 0) is 0 Å². The second-order valence-corrected chi connectivity index (χ2v) is 3.88. The number of hydrogen-bond acceptors (Lipinski definition) is 4. The first-order valence-electron chi connectivity index (χ1n) is 5.68. The summed E-state index contributed by atoms with van der Waals surface area (Å²) >= 11 is 0. The molecule has 2 N–H and O–H groups in total. The van der Waals surface area contributed by atoms with E-state index in [0.29, 0.717) is 0 Å². The summed E-state index contributed by atoms with van der Waals surface area (Å²) in [6, 6.07) is 0.0949. The van der Waals surface area contributed by atoms with Gasteiger partial charge in [-0.25, -0.2) is 22.0 Å². The number of halogens is 9. The van der Waals surface area contributed by atoms with E-state index in [1.165, 1.54) is 0 Å². The van der Waals surface area contributed by atoms with Crippen molar-refractivity contribution in [2.45, 2.75) is 0 Å². The normalized spacial score (nSPS) is 10.2. The number of benzene rings is 1. The lowest BCUT2D eigenvalue weighted by Gasteiger charge is -2.08. The van der Waals surface area contributed by atoms with E-state index in [2.05, 4.69) is 9.64 Å². The van der Waals surface area contributed by atoms with Crippen LogP contribution in [0.4, 0.5) is 39.5 Å². The highest BCUT2D eigenvalue weighted by atomic mass is 19.2. The van der Waals surface area contributed by atoms with Crippen molar-refractivity contribution < 1.29 is 54.2 Å². The van der Waals surface area contributed by atoms with Crippen molar-refractivity contribution >= 4 is 7.32 Å². The van der Waals surface area contributed by atoms with E-state index in [1.54, 1.807) is 0 Å². The summed E-state index contributed by atoms with van der Waals surface area (Å²) < 4.78 is 114. The fraction of sp³-hybridized carbons (Fsp3) is 0. The van der Waals surface area contributed by atoms with Crippen molar-refractivity contribution in [1.82, 2.24) is 4.98 Å². The van der Waals surface area contributed by atoms with Crippen molar-refractivity contribution in [1.29, 1.82) is 0 Å². The zero-order valence-electron chi connectivity index (χ0n) is 11.3. The molecule has 14 heteroatoms. The quantitative estimate of drug-likeness (QED) is 0.277. The first-order valence-corrected chi connectivity index (χ1v) is 5.68. The van der Waals surface area contributed by atoms with Crippen LogP contribution in [0.25, 0.3) is 0 Å². The van der Waals surface area contributed by atoms with Crippen molar-refractivity contribution in [2.24, 2.45) is 0 Å². The number of aromatic nitrogens is 1. The highest BCUT2D eigenvalue weighted by Gasteiger charge is 2.29. The Morgan fingerprint density at radius 1 is 0.680 bits per heavy atom. The average Bonchev–Trinajstić information content (AvgIpc) is 2.54. The van der Waals surface area contributed by atoms with Crippen LogP contribution in [0.1, 0.15) is 0 Å². The SMILES string of the molecule is Fc1cc(F)c(F)nc1F.OB(O)Oc1c(F)c(F)c(F)c(F)c1F. The summed E-state index contributed by atoms with van der Waals surface area (Å²) in [5, 5.41) is 16.3. The predicted molar refractivity (Wildman–Crippen MR) is 61.1 cm³/mol. The van der Waals surface area contributed by atoms with Gasteiger partial charge < -0.3 is 14.7 Å².